The van der Waals surface area contributed by atoms with Crippen LogP contribution in [0.4, 0.5) is 0 Å². The largest absolute Gasteiger partial charge is 0.460 e. The maximum Gasteiger partial charge on any atom is 0.309 e. The van der Waals surface area contributed by atoms with Gasteiger partial charge in [-0.25, -0.2) is 0 Å². The summed E-state index contributed by atoms with van der Waals surface area (Å²) in [6, 6.07) is 0. The number of rotatable bonds is 10. The number of Topliss-reactive ketones (excluding diaryl/α,β-unsaturated/α-hetero) is 1. The Morgan fingerprint density at radius 1 is 0.929 bits per heavy atom. The molecule has 7 heteroatoms. The van der Waals surface area contributed by atoms with E-state index in [0.29, 0.717) is 30.7 Å². The van der Waals surface area contributed by atoms with Gasteiger partial charge < -0.3 is 19.5 Å². The third-order valence-corrected chi connectivity index (χ3v) is 17.4. The highest BCUT2D eigenvalue weighted by atomic mass is 16.6. The lowest BCUT2D eigenvalue weighted by Gasteiger charge is -2.71. The summed E-state index contributed by atoms with van der Waals surface area (Å²) in [5.74, 6) is 2.00. The Kier molecular flexibility index (Phi) is 10.8. The van der Waals surface area contributed by atoms with Gasteiger partial charge in [0.1, 0.15) is 12.2 Å². The summed E-state index contributed by atoms with van der Waals surface area (Å²) in [6.07, 6.45) is 16.8. The van der Waals surface area contributed by atoms with E-state index in [0.717, 1.165) is 69.8 Å². The molecule has 0 spiro atoms. The van der Waals surface area contributed by atoms with Crippen molar-refractivity contribution in [3.8, 4) is 0 Å². The highest BCUT2D eigenvalue weighted by molar-refractivity contribution is 6.00. The summed E-state index contributed by atoms with van der Waals surface area (Å²) >= 11 is 0. The third-order valence-electron chi connectivity index (χ3n) is 17.4. The van der Waals surface area contributed by atoms with Crippen molar-refractivity contribution in [2.24, 2.45) is 62.6 Å². The fraction of sp³-hybridized carbons (Fsp3) is 0.816. The molecule has 1 unspecified atom stereocenters. The van der Waals surface area contributed by atoms with E-state index >= 15 is 0 Å². The number of ether oxygens (including phenoxy) is 2. The average Bonchev–Trinajstić information content (AvgIpc) is 3.86. The molecule has 4 saturated carbocycles. The molecule has 1 amide bonds. The van der Waals surface area contributed by atoms with Gasteiger partial charge in [-0.3, -0.25) is 14.4 Å². The summed E-state index contributed by atoms with van der Waals surface area (Å²) in [7, 11) is 1.56. The van der Waals surface area contributed by atoms with E-state index in [1.54, 1.807) is 7.11 Å². The highest BCUT2D eigenvalue weighted by Gasteiger charge is 2.70. The molecular formula is C49H75NO6. The van der Waals surface area contributed by atoms with Gasteiger partial charge in [-0.2, -0.15) is 0 Å². The van der Waals surface area contributed by atoms with Crippen LogP contribution >= 0.6 is 0 Å². The lowest BCUT2D eigenvalue weighted by molar-refractivity contribution is -0.202. The lowest BCUT2D eigenvalue weighted by Crippen LogP contribution is -2.65. The van der Waals surface area contributed by atoms with Crippen molar-refractivity contribution in [2.45, 2.75) is 164 Å². The van der Waals surface area contributed by atoms with Crippen molar-refractivity contribution in [2.75, 3.05) is 26.8 Å². The molecule has 7 aliphatic rings. The second-order valence-corrected chi connectivity index (χ2v) is 22.3. The highest BCUT2D eigenvalue weighted by Crippen LogP contribution is 2.77. The smallest absolute Gasteiger partial charge is 0.309 e. The number of hydrogen-bond acceptors (Lipinski definition) is 6. The van der Waals surface area contributed by atoms with Gasteiger partial charge in [-0.1, -0.05) is 66.2 Å². The summed E-state index contributed by atoms with van der Waals surface area (Å²) in [4.78, 5) is 42.3. The van der Waals surface area contributed by atoms with E-state index in [1.165, 1.54) is 29.6 Å². The molecule has 7 nitrogen and oxygen atoms in total. The number of nitrogens with zero attached hydrogens (tertiary/aromatic N) is 1. The first-order valence-electron chi connectivity index (χ1n) is 22.5. The number of aliphatic hydroxyl groups is 1. The molecule has 0 bridgehead atoms. The number of carbonyl (C=O) groups is 3. The number of esters is 1. The van der Waals surface area contributed by atoms with E-state index in [4.69, 9.17) is 9.47 Å². The summed E-state index contributed by atoms with van der Waals surface area (Å²) in [5.41, 5.74) is 4.43. The van der Waals surface area contributed by atoms with E-state index < -0.39 is 17.1 Å². The molecule has 56 heavy (non-hydrogen) atoms. The first-order valence-corrected chi connectivity index (χ1v) is 22.5. The molecule has 9 atom stereocenters. The molecule has 0 aromatic carbocycles. The number of ketones is 1. The van der Waals surface area contributed by atoms with Crippen LogP contribution in [0.25, 0.3) is 0 Å². The summed E-state index contributed by atoms with van der Waals surface area (Å²) in [6.45, 7) is 24.0. The van der Waals surface area contributed by atoms with E-state index in [2.05, 4.69) is 60.6 Å². The number of methoxy groups -OCH3 is 1. The fourth-order valence-electron chi connectivity index (χ4n) is 14.4. The van der Waals surface area contributed by atoms with Crippen molar-refractivity contribution in [1.82, 2.24) is 4.90 Å². The van der Waals surface area contributed by atoms with Crippen LogP contribution in [-0.4, -0.2) is 66.2 Å². The van der Waals surface area contributed by atoms with Crippen molar-refractivity contribution in [1.29, 1.82) is 0 Å². The zero-order valence-electron chi connectivity index (χ0n) is 36.9. The summed E-state index contributed by atoms with van der Waals surface area (Å²) in [5, 5.41) is 12.5. The SMILES string of the molecule is COCC(=O)N(CC1CC1)C[C@H](O)[C@@]12CC[C@]3(C)[C@H](CC[C@@H]4[C@@]5(C)CC=C(C6=CCC(C(=O)OC(C)(C)C)CC6)C(C)(C)[C@@H]5CC[C@]43C)C1=C(C(C)C)C(=O)C2. The van der Waals surface area contributed by atoms with Crippen LogP contribution in [0.5, 0.6) is 0 Å². The second kappa shape index (κ2) is 14.5. The fourth-order valence-corrected chi connectivity index (χ4v) is 14.4. The van der Waals surface area contributed by atoms with Gasteiger partial charge in [0.2, 0.25) is 5.91 Å². The van der Waals surface area contributed by atoms with Crippen LogP contribution in [0.3, 0.4) is 0 Å². The first-order chi connectivity index (χ1) is 26.1. The van der Waals surface area contributed by atoms with Crippen LogP contribution in [0, 0.1) is 62.6 Å². The molecule has 4 fully saturated rings. The van der Waals surface area contributed by atoms with E-state index in [9.17, 15) is 19.5 Å². The Balaban J connectivity index is 1.17. The normalized spacial score (nSPS) is 38.5. The van der Waals surface area contributed by atoms with Crippen molar-refractivity contribution in [3.63, 3.8) is 0 Å². The molecule has 0 aliphatic heterocycles. The van der Waals surface area contributed by atoms with E-state index in [1.807, 2.05) is 25.7 Å². The molecular weight excluding hydrogens is 699 g/mol. The Morgan fingerprint density at radius 3 is 2.25 bits per heavy atom. The predicted molar refractivity (Wildman–Crippen MR) is 221 cm³/mol. The Morgan fingerprint density at radius 2 is 1.64 bits per heavy atom. The number of allylic oxidation sites excluding steroid dienone is 5. The zero-order chi connectivity index (χ0) is 40.8. The van der Waals surface area contributed by atoms with Gasteiger partial charge in [0.05, 0.1) is 12.0 Å². The topological polar surface area (TPSA) is 93.1 Å². The number of hydrogen-bond donors (Lipinski definition) is 1. The van der Waals surface area contributed by atoms with Crippen LogP contribution in [-0.2, 0) is 23.9 Å². The van der Waals surface area contributed by atoms with Gasteiger partial charge in [-0.05, 0) is 166 Å². The Bertz CT molecular complexity index is 1690. The van der Waals surface area contributed by atoms with Gasteiger partial charge in [0, 0.05) is 32.0 Å². The third kappa shape index (κ3) is 6.73. The molecule has 0 radical (unpaired) electrons. The first kappa shape index (κ1) is 41.9. The molecule has 7 rings (SSSR count). The van der Waals surface area contributed by atoms with Crippen LogP contribution < -0.4 is 0 Å². The van der Waals surface area contributed by atoms with Gasteiger partial charge >= 0.3 is 5.97 Å². The second-order valence-electron chi connectivity index (χ2n) is 22.3. The van der Waals surface area contributed by atoms with Crippen molar-refractivity contribution >= 4 is 17.7 Å². The molecule has 0 aromatic heterocycles. The number of aliphatic hydroxyl groups excluding tert-OH is 1. The minimum absolute atomic E-state index is 0.00346. The number of amides is 1. The van der Waals surface area contributed by atoms with Gasteiger partial charge in [-0.15, -0.1) is 0 Å². The zero-order valence-corrected chi connectivity index (χ0v) is 36.9. The van der Waals surface area contributed by atoms with Gasteiger partial charge in [0.25, 0.3) is 0 Å². The molecule has 0 heterocycles. The Hall–Kier alpha value is -2.25. The lowest BCUT2D eigenvalue weighted by atomic mass is 9.33. The molecule has 0 saturated heterocycles. The van der Waals surface area contributed by atoms with Crippen LogP contribution in [0.15, 0.2) is 34.4 Å². The quantitative estimate of drug-likeness (QED) is 0.222. The molecule has 0 aromatic rings. The van der Waals surface area contributed by atoms with Crippen LogP contribution in [0.1, 0.15) is 153 Å². The molecule has 312 valence electrons. The van der Waals surface area contributed by atoms with E-state index in [-0.39, 0.29) is 70.2 Å². The van der Waals surface area contributed by atoms with Crippen molar-refractivity contribution in [3.05, 3.63) is 34.4 Å². The van der Waals surface area contributed by atoms with Crippen LogP contribution in [0.2, 0.25) is 0 Å². The predicted octanol–water partition coefficient (Wildman–Crippen LogP) is 9.82. The minimum atomic E-state index is -0.781. The Labute approximate surface area is 338 Å². The van der Waals surface area contributed by atoms with Gasteiger partial charge in [0.15, 0.2) is 5.78 Å². The summed E-state index contributed by atoms with van der Waals surface area (Å²) < 4.78 is 11.0. The monoisotopic (exact) mass is 774 g/mol. The standard InChI is InChI=1S/C49H75NO6/c1-30(2)41-36(51)26-49(39(52)28-50(27-31-12-13-31)40(53)29-55-11)25-24-47(9)35(42(41)49)18-19-38-46(8)22-20-34(45(6,7)37(46)21-23-48(38,47)10)32-14-16-33(17-15-32)43(54)56-44(3,4)5/h14,20,30-31,33,35,37-39,52H,12-13,15-19,21-29H2,1-11H3/t33?,35-,37+,38-,39+,46+,47-,48-,49+/m1/s1. The molecule has 7 aliphatic carbocycles. The minimum Gasteiger partial charge on any atom is -0.460 e. The number of carbonyl (C=O) groups excluding carboxylic acids is 3. The van der Waals surface area contributed by atoms with Crippen molar-refractivity contribution < 1.29 is 29.0 Å². The maximum absolute atomic E-state index is 14.2. The average molecular weight is 774 g/mol. The molecule has 1 N–H and O–H groups in total. The number of fused-ring (bicyclic) bond motifs is 7. The maximum atomic E-state index is 14.2.